The number of rotatable bonds is 6. The molecule has 2 unspecified atom stereocenters. The van der Waals surface area contributed by atoms with Gasteiger partial charge in [0.15, 0.2) is 0 Å². The number of aryl methyl sites for hydroxylation is 4. The summed E-state index contributed by atoms with van der Waals surface area (Å²) in [4.78, 5) is 19.2. The summed E-state index contributed by atoms with van der Waals surface area (Å²) in [5.74, 6) is 2.12. The van der Waals surface area contributed by atoms with Gasteiger partial charge in [-0.25, -0.2) is 4.98 Å². The maximum Gasteiger partial charge on any atom is 2.00 e. The summed E-state index contributed by atoms with van der Waals surface area (Å²) >= 11 is 0. The molecule has 0 saturated heterocycles. The molecule has 51 heavy (non-hydrogen) atoms. The van der Waals surface area contributed by atoms with Crippen LogP contribution in [0.1, 0.15) is 45.7 Å². The number of aromatic nitrogens is 2. The topological polar surface area (TPSA) is 41.5 Å². The minimum absolute atomic E-state index is 0. The molecule has 0 amide bonds. The van der Waals surface area contributed by atoms with Gasteiger partial charge in [0.2, 0.25) is 5.88 Å². The Labute approximate surface area is 314 Å². The third-order valence-electron chi connectivity index (χ3n) is 10.7. The van der Waals surface area contributed by atoms with Gasteiger partial charge in [-0.05, 0) is 120 Å². The van der Waals surface area contributed by atoms with Gasteiger partial charge in [-0.2, -0.15) is 0 Å². The Kier molecular flexibility index (Phi) is 8.64. The zero-order valence-electron chi connectivity index (χ0n) is 29.1. The molecule has 2 atom stereocenters. The van der Waals surface area contributed by atoms with E-state index in [2.05, 4.69) is 136 Å². The van der Waals surface area contributed by atoms with Crippen LogP contribution in [0.2, 0.25) is 0 Å². The van der Waals surface area contributed by atoms with Crippen LogP contribution in [-0.2, 0) is 27.5 Å². The summed E-state index contributed by atoms with van der Waals surface area (Å²) in [6.07, 6.45) is 3.83. The zero-order chi connectivity index (χ0) is 33.9. The van der Waals surface area contributed by atoms with Crippen LogP contribution in [0, 0.1) is 46.3 Å². The number of hydroxylamine groups is 2. The number of pyridine rings is 2. The molecule has 4 aromatic carbocycles. The van der Waals surface area contributed by atoms with Crippen LogP contribution in [0.4, 0.5) is 5.82 Å². The van der Waals surface area contributed by atoms with E-state index < -0.39 is 0 Å². The van der Waals surface area contributed by atoms with Crippen molar-refractivity contribution in [3.63, 3.8) is 0 Å². The molecule has 3 heterocycles. The second-order valence-electron chi connectivity index (χ2n) is 13.8. The Morgan fingerprint density at radius 1 is 0.725 bits per heavy atom. The molecular formula is C45H38N4OPt. The number of anilines is 1. The van der Waals surface area contributed by atoms with Crippen molar-refractivity contribution in [3.8, 4) is 39.4 Å². The maximum absolute atomic E-state index is 6.93. The van der Waals surface area contributed by atoms with Crippen molar-refractivity contribution in [3.05, 3.63) is 173 Å². The minimum atomic E-state index is 0. The molecule has 0 saturated carbocycles. The molecule has 5 nitrogen and oxygen atoms in total. The second kappa shape index (κ2) is 13.3. The Morgan fingerprint density at radius 3 is 2.16 bits per heavy atom. The first-order chi connectivity index (χ1) is 24.4. The van der Waals surface area contributed by atoms with E-state index in [1.807, 2.05) is 29.5 Å². The molecule has 2 aliphatic carbocycles. The first-order valence-corrected chi connectivity index (χ1v) is 17.4. The van der Waals surface area contributed by atoms with Gasteiger partial charge in [-0.3, -0.25) is 4.98 Å². The number of hydrogen-bond acceptors (Lipinski definition) is 5. The van der Waals surface area contributed by atoms with Gasteiger partial charge in [-0.15, -0.1) is 42.6 Å². The summed E-state index contributed by atoms with van der Waals surface area (Å²) in [6, 6.07) is 41.8. The van der Waals surface area contributed by atoms with Crippen LogP contribution in [0.5, 0.6) is 5.88 Å². The first-order valence-electron chi connectivity index (χ1n) is 17.4. The van der Waals surface area contributed by atoms with Crippen molar-refractivity contribution in [1.29, 1.82) is 0 Å². The standard InChI is InChI=1S/C45H38N4O.Pt/c1-28-12-10-13-29(2)43(28)34-20-21-46-41(24-34)48-27-49(45-38-22-33-18-8-9-19-36(33)37(38)26-40(45)48)50-42-25-35(44-30(3)14-11-15-31(44)4)23-39(47-42)32-16-6-5-7-17-32;/h5-16,18-21,23-25,27,37-38H,22,26H2,1-4H3;/q-2;+2. The van der Waals surface area contributed by atoms with E-state index in [1.54, 1.807) is 0 Å². The monoisotopic (exact) mass is 845 g/mol. The van der Waals surface area contributed by atoms with Gasteiger partial charge in [0.05, 0.1) is 0 Å². The first kappa shape index (κ1) is 33.2. The maximum atomic E-state index is 6.93. The fraction of sp³-hybridized carbons (Fsp3) is 0.178. The molecule has 0 spiro atoms. The Bertz CT molecular complexity index is 2280. The summed E-state index contributed by atoms with van der Waals surface area (Å²) in [6.45, 7) is 10.8. The van der Waals surface area contributed by atoms with Gasteiger partial charge < -0.3 is 14.8 Å². The predicted molar refractivity (Wildman–Crippen MR) is 200 cm³/mol. The SMILES string of the molecule is Cc1cccc(C)c1-c1cc(ON2[CH-]N(c3cc(-c4c(C)cccc4C)ccn3)C3=C2C2Cc4ccccc4C2C3)nc(-c2[c-]cccc2)c1.[Pt+2]. The van der Waals surface area contributed by atoms with Gasteiger partial charge in [0.1, 0.15) is 5.82 Å². The van der Waals surface area contributed by atoms with E-state index in [0.29, 0.717) is 17.7 Å². The summed E-state index contributed by atoms with van der Waals surface area (Å²) < 4.78 is 0. The summed E-state index contributed by atoms with van der Waals surface area (Å²) in [5, 5.41) is 1.98. The van der Waals surface area contributed by atoms with Crippen molar-refractivity contribution >= 4 is 5.82 Å². The van der Waals surface area contributed by atoms with E-state index in [9.17, 15) is 0 Å². The molecule has 0 N–H and O–H groups in total. The van der Waals surface area contributed by atoms with E-state index in [1.165, 1.54) is 55.9 Å². The minimum Gasteiger partial charge on any atom is -0.458 e. The molecule has 2 aromatic heterocycles. The largest absolute Gasteiger partial charge is 2.00 e. The Balaban J connectivity index is 0.00000374. The third kappa shape index (κ3) is 5.78. The summed E-state index contributed by atoms with van der Waals surface area (Å²) in [7, 11) is 0. The van der Waals surface area contributed by atoms with Crippen LogP contribution in [0.15, 0.2) is 127 Å². The third-order valence-corrected chi connectivity index (χ3v) is 10.7. The van der Waals surface area contributed by atoms with Crippen molar-refractivity contribution < 1.29 is 25.9 Å². The van der Waals surface area contributed by atoms with Crippen LogP contribution >= 0.6 is 0 Å². The molecule has 6 heteroatoms. The smallest absolute Gasteiger partial charge is 0.458 e. The van der Waals surface area contributed by atoms with Gasteiger partial charge >= 0.3 is 21.1 Å². The molecule has 0 fully saturated rings. The van der Waals surface area contributed by atoms with Crippen LogP contribution in [0.25, 0.3) is 33.5 Å². The normalized spacial score (nSPS) is 17.3. The average molecular weight is 846 g/mol. The molecule has 254 valence electrons. The van der Waals surface area contributed by atoms with Crippen molar-refractivity contribution in [1.82, 2.24) is 15.0 Å². The molecule has 3 aliphatic rings. The van der Waals surface area contributed by atoms with Gasteiger partial charge in [-0.1, -0.05) is 66.7 Å². The fourth-order valence-corrected chi connectivity index (χ4v) is 8.50. The predicted octanol–water partition coefficient (Wildman–Crippen LogP) is 10.3. The zero-order valence-corrected chi connectivity index (χ0v) is 31.4. The summed E-state index contributed by atoms with van der Waals surface area (Å²) in [5.41, 5.74) is 16.7. The number of fused-ring (bicyclic) bond motifs is 4. The molecular weight excluding hydrogens is 808 g/mol. The number of nitrogens with zero attached hydrogens (tertiary/aromatic N) is 4. The van der Waals surface area contributed by atoms with Crippen molar-refractivity contribution in [2.75, 3.05) is 4.90 Å². The van der Waals surface area contributed by atoms with Crippen LogP contribution in [0.3, 0.4) is 0 Å². The number of hydrogen-bond donors (Lipinski definition) is 0. The number of benzene rings is 4. The van der Waals surface area contributed by atoms with Crippen LogP contribution in [-0.4, -0.2) is 15.0 Å². The van der Waals surface area contributed by atoms with E-state index in [4.69, 9.17) is 14.8 Å². The molecule has 9 rings (SSSR count). The molecule has 6 aromatic rings. The van der Waals surface area contributed by atoms with Crippen molar-refractivity contribution in [2.24, 2.45) is 5.92 Å². The van der Waals surface area contributed by atoms with E-state index >= 15 is 0 Å². The number of allylic oxidation sites excluding steroid dienone is 2. The Hall–Kier alpha value is -4.99. The molecule has 0 radical (unpaired) electrons. The quantitative estimate of drug-likeness (QED) is 0.156. The van der Waals surface area contributed by atoms with Crippen molar-refractivity contribution in [2.45, 2.75) is 46.5 Å². The van der Waals surface area contributed by atoms with Gasteiger partial charge in [0, 0.05) is 29.6 Å². The van der Waals surface area contributed by atoms with Gasteiger partial charge in [0.25, 0.3) is 0 Å². The van der Waals surface area contributed by atoms with E-state index in [-0.39, 0.29) is 21.1 Å². The molecule has 1 aliphatic heterocycles. The second-order valence-corrected chi connectivity index (χ2v) is 13.8. The average Bonchev–Trinajstić information content (AvgIpc) is 3.78. The Morgan fingerprint density at radius 2 is 1.43 bits per heavy atom. The van der Waals surface area contributed by atoms with E-state index in [0.717, 1.165) is 41.0 Å². The van der Waals surface area contributed by atoms with Crippen LogP contribution < -0.4 is 9.74 Å². The molecule has 0 bridgehead atoms. The fourth-order valence-electron chi connectivity index (χ4n) is 8.50.